The van der Waals surface area contributed by atoms with E-state index in [0.717, 1.165) is 37.1 Å². The summed E-state index contributed by atoms with van der Waals surface area (Å²) < 4.78 is 5.60. The molecule has 1 heterocycles. The summed E-state index contributed by atoms with van der Waals surface area (Å²) in [5.41, 5.74) is 1.77. The van der Waals surface area contributed by atoms with E-state index in [1.54, 1.807) is 6.92 Å². The molecule has 1 aromatic carbocycles. The second-order valence-corrected chi connectivity index (χ2v) is 5.09. The Morgan fingerprint density at radius 1 is 1.42 bits per heavy atom. The standard InChI is InChI=1S/C15H21NO3/c1-11-5-6-13(12(2)17)14(9-11)19-10-15(18)16-7-3-4-8-16/h5-6,9,12,17H,3-4,7-8,10H2,1-2H3/t12-/m0/s1. The minimum Gasteiger partial charge on any atom is -0.483 e. The molecule has 19 heavy (non-hydrogen) atoms. The van der Waals surface area contributed by atoms with Crippen molar-refractivity contribution >= 4 is 5.91 Å². The van der Waals surface area contributed by atoms with Crippen molar-refractivity contribution in [3.8, 4) is 5.75 Å². The van der Waals surface area contributed by atoms with Gasteiger partial charge in [0.25, 0.3) is 5.91 Å². The fraction of sp³-hybridized carbons (Fsp3) is 0.533. The maximum absolute atomic E-state index is 11.9. The van der Waals surface area contributed by atoms with Gasteiger partial charge in [-0.15, -0.1) is 0 Å². The molecule has 0 aliphatic carbocycles. The van der Waals surface area contributed by atoms with E-state index >= 15 is 0 Å². The molecule has 0 spiro atoms. The van der Waals surface area contributed by atoms with Gasteiger partial charge in [-0.25, -0.2) is 0 Å². The van der Waals surface area contributed by atoms with Crippen LogP contribution in [-0.4, -0.2) is 35.6 Å². The van der Waals surface area contributed by atoms with Crippen molar-refractivity contribution in [1.82, 2.24) is 4.90 Å². The lowest BCUT2D eigenvalue weighted by molar-refractivity contribution is -0.132. The number of carbonyl (C=O) groups is 1. The molecule has 4 heteroatoms. The van der Waals surface area contributed by atoms with Gasteiger partial charge < -0.3 is 14.7 Å². The number of likely N-dealkylation sites (tertiary alicyclic amines) is 1. The van der Waals surface area contributed by atoms with E-state index in [2.05, 4.69) is 0 Å². The molecule has 1 N–H and O–H groups in total. The fourth-order valence-electron chi connectivity index (χ4n) is 2.31. The number of carbonyl (C=O) groups excluding carboxylic acids is 1. The van der Waals surface area contributed by atoms with Gasteiger partial charge in [0, 0.05) is 18.7 Å². The maximum Gasteiger partial charge on any atom is 0.260 e. The molecule has 0 radical (unpaired) electrons. The second-order valence-electron chi connectivity index (χ2n) is 5.09. The third-order valence-electron chi connectivity index (χ3n) is 3.43. The summed E-state index contributed by atoms with van der Waals surface area (Å²) >= 11 is 0. The maximum atomic E-state index is 11.9. The third kappa shape index (κ3) is 3.47. The zero-order chi connectivity index (χ0) is 13.8. The van der Waals surface area contributed by atoms with Crippen molar-refractivity contribution in [2.45, 2.75) is 32.8 Å². The number of amides is 1. The molecule has 1 aromatic rings. The van der Waals surface area contributed by atoms with Gasteiger partial charge in [0.2, 0.25) is 0 Å². The van der Waals surface area contributed by atoms with Gasteiger partial charge in [0.15, 0.2) is 6.61 Å². The van der Waals surface area contributed by atoms with Gasteiger partial charge in [-0.3, -0.25) is 4.79 Å². The van der Waals surface area contributed by atoms with E-state index in [1.807, 2.05) is 30.0 Å². The Hall–Kier alpha value is -1.55. The number of ether oxygens (including phenoxy) is 1. The van der Waals surface area contributed by atoms with Crippen LogP contribution >= 0.6 is 0 Å². The van der Waals surface area contributed by atoms with E-state index in [9.17, 15) is 9.90 Å². The number of nitrogens with zero attached hydrogens (tertiary/aromatic N) is 1. The molecule has 0 unspecified atom stereocenters. The Bertz CT molecular complexity index is 451. The molecule has 104 valence electrons. The smallest absolute Gasteiger partial charge is 0.260 e. The first kappa shape index (κ1) is 13.9. The Morgan fingerprint density at radius 3 is 2.74 bits per heavy atom. The van der Waals surface area contributed by atoms with E-state index in [0.29, 0.717) is 5.75 Å². The first-order valence-electron chi connectivity index (χ1n) is 6.77. The van der Waals surface area contributed by atoms with Gasteiger partial charge in [0.05, 0.1) is 6.10 Å². The second kappa shape index (κ2) is 6.06. The van der Waals surface area contributed by atoms with Crippen molar-refractivity contribution in [3.63, 3.8) is 0 Å². The van der Waals surface area contributed by atoms with Gasteiger partial charge in [0.1, 0.15) is 5.75 Å². The number of hydrogen-bond acceptors (Lipinski definition) is 3. The topological polar surface area (TPSA) is 49.8 Å². The molecule has 4 nitrogen and oxygen atoms in total. The summed E-state index contributed by atoms with van der Waals surface area (Å²) in [6, 6.07) is 5.63. The number of aliphatic hydroxyl groups excluding tert-OH is 1. The summed E-state index contributed by atoms with van der Waals surface area (Å²) in [6.45, 7) is 5.36. The lowest BCUT2D eigenvalue weighted by atomic mass is 10.1. The van der Waals surface area contributed by atoms with Crippen LogP contribution in [0.3, 0.4) is 0 Å². The molecule has 1 amide bonds. The molecule has 1 aliphatic rings. The van der Waals surface area contributed by atoms with Crippen LogP contribution in [0.5, 0.6) is 5.75 Å². The quantitative estimate of drug-likeness (QED) is 0.904. The van der Waals surface area contributed by atoms with Crippen molar-refractivity contribution in [3.05, 3.63) is 29.3 Å². The minimum absolute atomic E-state index is 0.0237. The van der Waals surface area contributed by atoms with Crippen molar-refractivity contribution in [2.75, 3.05) is 19.7 Å². The number of aliphatic hydroxyl groups is 1. The minimum atomic E-state index is -0.600. The van der Waals surface area contributed by atoms with Crippen LogP contribution < -0.4 is 4.74 Å². The molecule has 1 fully saturated rings. The predicted molar refractivity (Wildman–Crippen MR) is 73.1 cm³/mol. The molecule has 0 aromatic heterocycles. The molecule has 1 atom stereocenters. The zero-order valence-corrected chi connectivity index (χ0v) is 11.6. The van der Waals surface area contributed by atoms with Crippen LogP contribution in [0.25, 0.3) is 0 Å². The van der Waals surface area contributed by atoms with Gasteiger partial charge in [-0.05, 0) is 38.3 Å². The van der Waals surface area contributed by atoms with E-state index in [4.69, 9.17) is 4.74 Å². The van der Waals surface area contributed by atoms with E-state index < -0.39 is 6.10 Å². The summed E-state index contributed by atoms with van der Waals surface area (Å²) in [4.78, 5) is 13.8. The monoisotopic (exact) mass is 263 g/mol. The summed E-state index contributed by atoms with van der Waals surface area (Å²) in [5, 5.41) is 9.70. The van der Waals surface area contributed by atoms with Crippen LogP contribution in [0.2, 0.25) is 0 Å². The van der Waals surface area contributed by atoms with Crippen LogP contribution in [0.15, 0.2) is 18.2 Å². The van der Waals surface area contributed by atoms with Crippen molar-refractivity contribution in [1.29, 1.82) is 0 Å². The van der Waals surface area contributed by atoms with Gasteiger partial charge >= 0.3 is 0 Å². The lowest BCUT2D eigenvalue weighted by Gasteiger charge is -2.18. The normalized spacial score (nSPS) is 16.5. The first-order chi connectivity index (χ1) is 9.08. The Morgan fingerprint density at radius 2 is 2.11 bits per heavy atom. The van der Waals surface area contributed by atoms with Crippen LogP contribution in [-0.2, 0) is 4.79 Å². The molecule has 1 saturated heterocycles. The molecule has 1 aliphatic heterocycles. The molecule has 0 bridgehead atoms. The largest absolute Gasteiger partial charge is 0.483 e. The molecular formula is C15H21NO3. The summed E-state index contributed by atoms with van der Waals surface area (Å²) in [7, 11) is 0. The Kier molecular flexibility index (Phi) is 4.43. The highest BCUT2D eigenvalue weighted by molar-refractivity contribution is 5.78. The molecular weight excluding hydrogens is 242 g/mol. The fourth-order valence-corrected chi connectivity index (χ4v) is 2.31. The number of hydrogen-bond donors (Lipinski definition) is 1. The van der Waals surface area contributed by atoms with Gasteiger partial charge in [-0.1, -0.05) is 12.1 Å². The third-order valence-corrected chi connectivity index (χ3v) is 3.43. The average Bonchev–Trinajstić information content (AvgIpc) is 2.89. The highest BCUT2D eigenvalue weighted by Crippen LogP contribution is 2.26. The first-order valence-corrected chi connectivity index (χ1v) is 6.77. The zero-order valence-electron chi connectivity index (χ0n) is 11.6. The van der Waals surface area contributed by atoms with E-state index in [1.165, 1.54) is 0 Å². The van der Waals surface area contributed by atoms with Crippen LogP contribution in [0.4, 0.5) is 0 Å². The molecule has 2 rings (SSSR count). The SMILES string of the molecule is Cc1ccc([C@H](C)O)c(OCC(=O)N2CCCC2)c1. The van der Waals surface area contributed by atoms with E-state index in [-0.39, 0.29) is 12.5 Å². The Labute approximate surface area is 114 Å². The van der Waals surface area contributed by atoms with Crippen molar-refractivity contribution < 1.29 is 14.6 Å². The van der Waals surface area contributed by atoms with Gasteiger partial charge in [-0.2, -0.15) is 0 Å². The average molecular weight is 263 g/mol. The predicted octanol–water partition coefficient (Wildman–Crippen LogP) is 2.05. The summed E-state index contributed by atoms with van der Waals surface area (Å²) in [5.74, 6) is 0.623. The van der Waals surface area contributed by atoms with Crippen molar-refractivity contribution in [2.24, 2.45) is 0 Å². The molecule has 0 saturated carbocycles. The number of rotatable bonds is 4. The lowest BCUT2D eigenvalue weighted by Crippen LogP contribution is -2.32. The highest BCUT2D eigenvalue weighted by Gasteiger charge is 2.19. The number of benzene rings is 1. The Balaban J connectivity index is 2.01. The summed E-state index contributed by atoms with van der Waals surface area (Å²) in [6.07, 6.45) is 1.56. The van der Waals surface area contributed by atoms with Crippen LogP contribution in [0.1, 0.15) is 37.0 Å². The highest BCUT2D eigenvalue weighted by atomic mass is 16.5. The number of aryl methyl sites for hydroxylation is 1. The van der Waals surface area contributed by atoms with Crippen LogP contribution in [0, 0.1) is 6.92 Å².